The molecule has 130 valence electrons. The van der Waals surface area contributed by atoms with Crippen molar-refractivity contribution in [2.75, 3.05) is 6.54 Å². The number of hydrogen-bond acceptors (Lipinski definition) is 4. The molecule has 0 aliphatic carbocycles. The molecule has 1 unspecified atom stereocenters. The molecule has 0 aromatic carbocycles. The van der Waals surface area contributed by atoms with E-state index in [2.05, 4.69) is 10.3 Å². The summed E-state index contributed by atoms with van der Waals surface area (Å²) < 4.78 is 0. The Balaban J connectivity index is 1.96. The van der Waals surface area contributed by atoms with Gasteiger partial charge < -0.3 is 10.2 Å². The molecular weight excluding hydrogens is 306 g/mol. The summed E-state index contributed by atoms with van der Waals surface area (Å²) in [7, 11) is 0. The van der Waals surface area contributed by atoms with Crippen LogP contribution in [-0.4, -0.2) is 39.6 Å². The van der Waals surface area contributed by atoms with Crippen LogP contribution in [-0.2, 0) is 16.1 Å². The van der Waals surface area contributed by atoms with E-state index in [0.717, 1.165) is 0 Å². The Morgan fingerprint density at radius 1 is 1.33 bits per heavy atom. The number of hydrogen-bond donors (Lipinski definition) is 1. The van der Waals surface area contributed by atoms with Crippen molar-refractivity contribution in [3.05, 3.63) is 29.1 Å². The summed E-state index contributed by atoms with van der Waals surface area (Å²) in [6.45, 7) is 9.92. The number of aryl methyl sites for hydroxylation is 1. The number of nitrogens with zero attached hydrogens (tertiary/aromatic N) is 2. The molecule has 1 aliphatic heterocycles. The predicted octanol–water partition coefficient (Wildman–Crippen LogP) is 1.86. The van der Waals surface area contributed by atoms with Crippen LogP contribution < -0.4 is 5.32 Å². The first-order valence-corrected chi connectivity index (χ1v) is 8.15. The van der Waals surface area contributed by atoms with Gasteiger partial charge >= 0.3 is 0 Å². The van der Waals surface area contributed by atoms with Gasteiger partial charge in [0.05, 0.1) is 18.2 Å². The summed E-state index contributed by atoms with van der Waals surface area (Å²) in [6, 6.07) is 3.47. The summed E-state index contributed by atoms with van der Waals surface area (Å²) in [5, 5.41) is 2.84. The van der Waals surface area contributed by atoms with Gasteiger partial charge in [0.25, 0.3) is 0 Å². The fourth-order valence-corrected chi connectivity index (χ4v) is 2.94. The van der Waals surface area contributed by atoms with Crippen molar-refractivity contribution >= 4 is 17.6 Å². The Morgan fingerprint density at radius 2 is 2.00 bits per heavy atom. The first kappa shape index (κ1) is 18.1. The van der Waals surface area contributed by atoms with Crippen molar-refractivity contribution < 1.29 is 14.4 Å². The molecule has 1 saturated heterocycles. The molecule has 1 atom stereocenters. The van der Waals surface area contributed by atoms with Crippen molar-refractivity contribution in [1.82, 2.24) is 15.2 Å². The zero-order chi connectivity index (χ0) is 18.1. The zero-order valence-electron chi connectivity index (χ0n) is 15.0. The lowest BCUT2D eigenvalue weighted by molar-refractivity contribution is -0.132. The molecule has 0 radical (unpaired) electrons. The van der Waals surface area contributed by atoms with Gasteiger partial charge in [-0.15, -0.1) is 0 Å². The van der Waals surface area contributed by atoms with Gasteiger partial charge in [0.15, 0.2) is 5.78 Å². The van der Waals surface area contributed by atoms with E-state index in [9.17, 15) is 14.4 Å². The maximum absolute atomic E-state index is 12.3. The van der Waals surface area contributed by atoms with E-state index >= 15 is 0 Å². The SMILES string of the molecule is CC(=O)c1ccc(CNC(=O)C2CC(=O)N(C(C)(C)C)C2)nc1C. The van der Waals surface area contributed by atoms with Crippen molar-refractivity contribution in [3.63, 3.8) is 0 Å². The van der Waals surface area contributed by atoms with E-state index in [0.29, 0.717) is 23.5 Å². The Kier molecular flexibility index (Phi) is 5.06. The second-order valence-corrected chi connectivity index (χ2v) is 7.29. The van der Waals surface area contributed by atoms with Crippen LogP contribution in [0.3, 0.4) is 0 Å². The third-order valence-corrected chi connectivity index (χ3v) is 4.27. The first-order chi connectivity index (χ1) is 11.1. The van der Waals surface area contributed by atoms with Crippen LogP contribution >= 0.6 is 0 Å². The molecule has 1 aromatic heterocycles. The highest BCUT2D eigenvalue weighted by Crippen LogP contribution is 2.25. The fraction of sp³-hybridized carbons (Fsp3) is 0.556. The largest absolute Gasteiger partial charge is 0.350 e. The van der Waals surface area contributed by atoms with E-state index in [1.165, 1.54) is 6.92 Å². The lowest BCUT2D eigenvalue weighted by Gasteiger charge is -2.31. The summed E-state index contributed by atoms with van der Waals surface area (Å²) in [5.74, 6) is -0.468. The molecule has 0 saturated carbocycles. The second kappa shape index (κ2) is 6.71. The van der Waals surface area contributed by atoms with E-state index < -0.39 is 0 Å². The van der Waals surface area contributed by atoms with Crippen LogP contribution in [0.2, 0.25) is 0 Å². The molecule has 0 bridgehead atoms. The summed E-state index contributed by atoms with van der Waals surface area (Å²) in [6.07, 6.45) is 0.249. The minimum absolute atomic E-state index is 0.0161. The molecule has 24 heavy (non-hydrogen) atoms. The maximum atomic E-state index is 12.3. The minimum Gasteiger partial charge on any atom is -0.350 e. The van der Waals surface area contributed by atoms with Crippen LogP contribution in [0.1, 0.15) is 55.9 Å². The van der Waals surface area contributed by atoms with Gasteiger partial charge in [-0.25, -0.2) is 0 Å². The minimum atomic E-state index is -0.325. The van der Waals surface area contributed by atoms with Gasteiger partial charge in [-0.1, -0.05) is 0 Å². The second-order valence-electron chi connectivity index (χ2n) is 7.29. The number of carbonyl (C=O) groups is 3. The number of pyridine rings is 1. The Labute approximate surface area is 142 Å². The van der Waals surface area contributed by atoms with Crippen LogP contribution in [0, 0.1) is 12.8 Å². The van der Waals surface area contributed by atoms with E-state index in [1.54, 1.807) is 24.0 Å². The van der Waals surface area contributed by atoms with Gasteiger partial charge in [0, 0.05) is 29.8 Å². The number of amides is 2. The zero-order valence-corrected chi connectivity index (χ0v) is 15.0. The average Bonchev–Trinajstić information content (AvgIpc) is 2.86. The standard InChI is InChI=1S/C18H25N3O3/c1-11-15(12(2)22)7-6-14(20-11)9-19-17(24)13-8-16(23)21(10-13)18(3,4)5/h6-7,13H,8-10H2,1-5H3,(H,19,24). The molecule has 1 aliphatic rings. The van der Waals surface area contributed by atoms with Crippen molar-refractivity contribution in [3.8, 4) is 0 Å². The molecule has 6 nitrogen and oxygen atoms in total. The number of Topliss-reactive ketones (excluding diaryl/α,β-unsaturated/α-hetero) is 1. The van der Waals surface area contributed by atoms with Crippen LogP contribution in [0.5, 0.6) is 0 Å². The van der Waals surface area contributed by atoms with Crippen molar-refractivity contribution in [2.24, 2.45) is 5.92 Å². The monoisotopic (exact) mass is 331 g/mol. The summed E-state index contributed by atoms with van der Waals surface area (Å²) in [4.78, 5) is 41.9. The van der Waals surface area contributed by atoms with Crippen LogP contribution in [0.25, 0.3) is 0 Å². The number of likely N-dealkylation sites (tertiary alicyclic amines) is 1. The van der Waals surface area contributed by atoms with Gasteiger partial charge in [0.1, 0.15) is 0 Å². The Bertz CT molecular complexity index is 677. The number of aromatic nitrogens is 1. The number of carbonyl (C=O) groups excluding carboxylic acids is 3. The van der Waals surface area contributed by atoms with Crippen molar-refractivity contribution in [1.29, 1.82) is 0 Å². The Hall–Kier alpha value is -2.24. The van der Waals surface area contributed by atoms with Gasteiger partial charge in [-0.3, -0.25) is 19.4 Å². The molecule has 2 amide bonds. The highest BCUT2D eigenvalue weighted by Gasteiger charge is 2.39. The average molecular weight is 331 g/mol. The van der Waals surface area contributed by atoms with Crippen molar-refractivity contribution in [2.45, 2.75) is 53.1 Å². The lowest BCUT2D eigenvalue weighted by atomic mass is 10.1. The summed E-state index contributed by atoms with van der Waals surface area (Å²) in [5.41, 5.74) is 1.67. The molecule has 2 rings (SSSR count). The third-order valence-electron chi connectivity index (χ3n) is 4.27. The van der Waals surface area contributed by atoms with Crippen LogP contribution in [0.4, 0.5) is 0 Å². The summed E-state index contributed by atoms with van der Waals surface area (Å²) >= 11 is 0. The normalized spacial score (nSPS) is 18.0. The van der Waals surface area contributed by atoms with Gasteiger partial charge in [-0.2, -0.15) is 0 Å². The van der Waals surface area contributed by atoms with Gasteiger partial charge in [0.2, 0.25) is 11.8 Å². The quantitative estimate of drug-likeness (QED) is 0.854. The highest BCUT2D eigenvalue weighted by atomic mass is 16.2. The number of nitrogens with one attached hydrogen (secondary N) is 1. The predicted molar refractivity (Wildman–Crippen MR) is 90.4 cm³/mol. The Morgan fingerprint density at radius 3 is 2.50 bits per heavy atom. The molecule has 1 fully saturated rings. The van der Waals surface area contributed by atoms with Crippen LogP contribution in [0.15, 0.2) is 12.1 Å². The van der Waals surface area contributed by atoms with E-state index in [1.807, 2.05) is 20.8 Å². The molecular formula is C18H25N3O3. The van der Waals surface area contributed by atoms with E-state index in [-0.39, 0.29) is 42.0 Å². The first-order valence-electron chi connectivity index (χ1n) is 8.15. The smallest absolute Gasteiger partial charge is 0.225 e. The molecule has 2 heterocycles. The van der Waals surface area contributed by atoms with Gasteiger partial charge in [-0.05, 0) is 46.8 Å². The maximum Gasteiger partial charge on any atom is 0.225 e. The number of ketones is 1. The molecule has 1 aromatic rings. The molecule has 6 heteroatoms. The topological polar surface area (TPSA) is 79.4 Å². The molecule has 0 spiro atoms. The lowest BCUT2D eigenvalue weighted by Crippen LogP contribution is -2.43. The molecule has 1 N–H and O–H groups in total. The number of rotatable bonds is 4. The highest BCUT2D eigenvalue weighted by molar-refractivity contribution is 5.95. The third kappa shape index (κ3) is 3.99. The fourth-order valence-electron chi connectivity index (χ4n) is 2.94. The van der Waals surface area contributed by atoms with E-state index in [4.69, 9.17) is 0 Å².